The van der Waals surface area contributed by atoms with E-state index >= 15 is 0 Å². The zero-order chi connectivity index (χ0) is 19.4. The second-order valence-electron chi connectivity index (χ2n) is 6.67. The number of fused-ring (bicyclic) bond motifs is 1. The maximum absolute atomic E-state index is 12.8. The van der Waals surface area contributed by atoms with E-state index in [0.717, 1.165) is 53.7 Å². The Labute approximate surface area is 164 Å². The zero-order valence-electron chi connectivity index (χ0n) is 15.8. The van der Waals surface area contributed by atoms with Gasteiger partial charge in [-0.15, -0.1) is 0 Å². The number of piperazine rings is 1. The Morgan fingerprint density at radius 2 is 1.89 bits per heavy atom. The first-order valence-electron chi connectivity index (χ1n) is 9.02. The summed E-state index contributed by atoms with van der Waals surface area (Å²) >= 11 is 1.41. The van der Waals surface area contributed by atoms with Gasteiger partial charge < -0.3 is 9.80 Å². The monoisotopic (exact) mass is 380 g/mol. The van der Waals surface area contributed by atoms with E-state index in [9.17, 15) is 9.59 Å². The van der Waals surface area contributed by atoms with Crippen LogP contribution in [0, 0.1) is 0 Å². The van der Waals surface area contributed by atoms with E-state index < -0.39 is 0 Å². The number of likely N-dealkylation sites (N-methyl/N-ethyl adjacent to an activating group) is 1. The van der Waals surface area contributed by atoms with Crippen molar-refractivity contribution in [1.82, 2.24) is 9.80 Å². The van der Waals surface area contributed by atoms with Gasteiger partial charge in [-0.1, -0.05) is 54.7 Å². The maximum Gasteiger partial charge on any atom is 0.260 e. The third kappa shape index (κ3) is 4.31. The lowest BCUT2D eigenvalue weighted by atomic mass is 10.0. The van der Waals surface area contributed by atoms with Crippen molar-refractivity contribution in [2.75, 3.05) is 33.2 Å². The topological polar surface area (TPSA) is 40.6 Å². The molecular formula is C22H24N2O2S. The molecule has 0 bridgehead atoms. The second kappa shape index (κ2) is 8.55. The van der Waals surface area contributed by atoms with Gasteiger partial charge in [0.15, 0.2) is 6.29 Å². The molecule has 4 nitrogen and oxygen atoms in total. The molecule has 5 heteroatoms. The Hall–Kier alpha value is -2.37. The normalized spacial score (nSPS) is 15.8. The highest BCUT2D eigenvalue weighted by Crippen LogP contribution is 2.34. The Morgan fingerprint density at radius 3 is 2.56 bits per heavy atom. The van der Waals surface area contributed by atoms with Crippen molar-refractivity contribution in [3.8, 4) is 0 Å². The molecule has 0 aromatic heterocycles. The van der Waals surface area contributed by atoms with Crippen molar-refractivity contribution in [3.05, 3.63) is 65.1 Å². The van der Waals surface area contributed by atoms with Gasteiger partial charge in [-0.3, -0.25) is 9.59 Å². The van der Waals surface area contributed by atoms with Gasteiger partial charge in [0, 0.05) is 36.6 Å². The van der Waals surface area contributed by atoms with Crippen LogP contribution in [0.2, 0.25) is 0 Å². The summed E-state index contributed by atoms with van der Waals surface area (Å²) in [7, 11) is 2.07. The van der Waals surface area contributed by atoms with Gasteiger partial charge in [0.25, 0.3) is 5.91 Å². The molecule has 0 aliphatic carbocycles. The quantitative estimate of drug-likeness (QED) is 0.580. The lowest BCUT2D eigenvalue weighted by Gasteiger charge is -2.32. The zero-order valence-corrected chi connectivity index (χ0v) is 16.6. The molecule has 1 heterocycles. The van der Waals surface area contributed by atoms with Crippen molar-refractivity contribution in [2.24, 2.45) is 0 Å². The van der Waals surface area contributed by atoms with Crippen molar-refractivity contribution < 1.29 is 9.59 Å². The fraction of sp³-hybridized carbons (Fsp3) is 0.273. The predicted molar refractivity (Wildman–Crippen MR) is 114 cm³/mol. The van der Waals surface area contributed by atoms with Crippen LogP contribution in [-0.4, -0.2) is 55.2 Å². The van der Waals surface area contributed by atoms with Gasteiger partial charge in [0.2, 0.25) is 0 Å². The highest BCUT2D eigenvalue weighted by atomic mass is 32.2. The molecule has 3 rings (SSSR count). The van der Waals surface area contributed by atoms with Crippen LogP contribution in [0.4, 0.5) is 0 Å². The van der Waals surface area contributed by atoms with Crippen molar-refractivity contribution >= 4 is 39.6 Å². The average molecular weight is 381 g/mol. The van der Waals surface area contributed by atoms with Gasteiger partial charge in [0.1, 0.15) is 0 Å². The molecule has 1 aliphatic heterocycles. The van der Waals surface area contributed by atoms with Crippen LogP contribution < -0.4 is 0 Å². The van der Waals surface area contributed by atoms with E-state index in [1.807, 2.05) is 54.3 Å². The molecule has 0 radical (unpaired) electrons. The lowest BCUT2D eigenvalue weighted by Crippen LogP contribution is -2.47. The standard InChI is InChI=1S/C22H24N2O2S/c1-4-21(22(26)24-12-10-23(3)11-13-24)27-16(2)17-8-9-20-18(14-17)6-5-7-19(20)15-25/h4-9,14-15H,2,10-13H2,1,3H3/b21-4-. The third-order valence-corrected chi connectivity index (χ3v) is 5.97. The number of aldehydes is 1. The number of rotatable bonds is 5. The first kappa shape index (κ1) is 19.4. The molecule has 2 aromatic carbocycles. The van der Waals surface area contributed by atoms with Gasteiger partial charge >= 0.3 is 0 Å². The van der Waals surface area contributed by atoms with E-state index in [2.05, 4.69) is 18.5 Å². The minimum absolute atomic E-state index is 0.0702. The number of carbonyl (C=O) groups is 2. The van der Waals surface area contributed by atoms with E-state index in [1.54, 1.807) is 0 Å². The molecule has 0 unspecified atom stereocenters. The SMILES string of the molecule is C=C(S/C(=C\C)C(=O)N1CCN(C)CC1)c1ccc2c(C=O)cccc2c1. The van der Waals surface area contributed by atoms with Crippen LogP contribution >= 0.6 is 11.8 Å². The molecule has 1 saturated heterocycles. The Bertz CT molecular complexity index is 912. The maximum atomic E-state index is 12.8. The molecule has 27 heavy (non-hydrogen) atoms. The van der Waals surface area contributed by atoms with Gasteiger partial charge in [0.05, 0.1) is 4.91 Å². The molecule has 1 amide bonds. The number of hydrogen-bond acceptors (Lipinski definition) is 4. The highest BCUT2D eigenvalue weighted by molar-refractivity contribution is 8.12. The second-order valence-corrected chi connectivity index (χ2v) is 7.81. The molecule has 140 valence electrons. The Kier molecular flexibility index (Phi) is 6.14. The lowest BCUT2D eigenvalue weighted by molar-refractivity contribution is -0.127. The Balaban J connectivity index is 1.76. The largest absolute Gasteiger partial charge is 0.336 e. The average Bonchev–Trinajstić information content (AvgIpc) is 2.70. The summed E-state index contributed by atoms with van der Waals surface area (Å²) in [6.07, 6.45) is 2.74. The summed E-state index contributed by atoms with van der Waals surface area (Å²) in [6.45, 7) is 9.37. The summed E-state index contributed by atoms with van der Waals surface area (Å²) in [5.41, 5.74) is 1.64. The van der Waals surface area contributed by atoms with Crippen LogP contribution in [0.1, 0.15) is 22.8 Å². The predicted octanol–water partition coefficient (Wildman–Crippen LogP) is 4.03. The number of hydrogen-bond donors (Lipinski definition) is 0. The van der Waals surface area contributed by atoms with Gasteiger partial charge in [-0.2, -0.15) is 0 Å². The molecule has 2 aromatic rings. The minimum Gasteiger partial charge on any atom is -0.336 e. The molecule has 1 fully saturated rings. The third-order valence-electron chi connectivity index (χ3n) is 4.86. The van der Waals surface area contributed by atoms with Crippen molar-refractivity contribution in [3.63, 3.8) is 0 Å². The highest BCUT2D eigenvalue weighted by Gasteiger charge is 2.22. The number of allylic oxidation sites excluding steroid dienone is 1. The number of thioether (sulfide) groups is 1. The van der Waals surface area contributed by atoms with Gasteiger partial charge in [-0.25, -0.2) is 0 Å². The summed E-state index contributed by atoms with van der Waals surface area (Å²) in [4.78, 5) is 29.7. The van der Waals surface area contributed by atoms with Crippen LogP contribution in [0.5, 0.6) is 0 Å². The summed E-state index contributed by atoms with van der Waals surface area (Å²) in [6, 6.07) is 11.6. The summed E-state index contributed by atoms with van der Waals surface area (Å²) in [5.74, 6) is 0.0702. The number of carbonyl (C=O) groups excluding carboxylic acids is 2. The molecule has 0 atom stereocenters. The number of nitrogens with zero attached hydrogens (tertiary/aromatic N) is 2. The molecule has 1 aliphatic rings. The van der Waals surface area contributed by atoms with Crippen LogP contribution in [-0.2, 0) is 4.79 Å². The van der Waals surface area contributed by atoms with Crippen LogP contribution in [0.15, 0.2) is 54.0 Å². The molecule has 0 N–H and O–H groups in total. The van der Waals surface area contributed by atoms with E-state index in [-0.39, 0.29) is 5.91 Å². The van der Waals surface area contributed by atoms with Crippen LogP contribution in [0.3, 0.4) is 0 Å². The van der Waals surface area contributed by atoms with E-state index in [1.165, 1.54) is 11.8 Å². The van der Waals surface area contributed by atoms with E-state index in [4.69, 9.17) is 0 Å². The van der Waals surface area contributed by atoms with Crippen molar-refractivity contribution in [1.29, 1.82) is 0 Å². The smallest absolute Gasteiger partial charge is 0.260 e. The molecular weight excluding hydrogens is 356 g/mol. The first-order chi connectivity index (χ1) is 13.0. The first-order valence-corrected chi connectivity index (χ1v) is 9.84. The Morgan fingerprint density at radius 1 is 1.15 bits per heavy atom. The minimum atomic E-state index is 0.0702. The molecule has 0 spiro atoms. The van der Waals surface area contributed by atoms with Crippen LogP contribution in [0.25, 0.3) is 15.7 Å². The number of benzene rings is 2. The fourth-order valence-corrected chi connectivity index (χ4v) is 4.01. The summed E-state index contributed by atoms with van der Waals surface area (Å²) < 4.78 is 0. The fourth-order valence-electron chi connectivity index (χ4n) is 3.17. The number of amides is 1. The summed E-state index contributed by atoms with van der Waals surface area (Å²) in [5, 5.41) is 1.92. The van der Waals surface area contributed by atoms with Gasteiger partial charge in [-0.05, 0) is 36.4 Å². The van der Waals surface area contributed by atoms with E-state index in [0.29, 0.717) is 10.5 Å². The molecule has 0 saturated carbocycles. The van der Waals surface area contributed by atoms with Crippen molar-refractivity contribution in [2.45, 2.75) is 6.92 Å².